The first kappa shape index (κ1) is 18.7. The van der Waals surface area contributed by atoms with E-state index in [1.54, 1.807) is 0 Å². The van der Waals surface area contributed by atoms with Crippen LogP contribution in [0, 0.1) is 0 Å². The second-order valence-corrected chi connectivity index (χ2v) is 7.50. The highest BCUT2D eigenvalue weighted by atomic mass is 16.5. The summed E-state index contributed by atoms with van der Waals surface area (Å²) in [4.78, 5) is 5.26. The minimum atomic E-state index is 0.281. The first-order valence-electron chi connectivity index (χ1n) is 10.1. The quantitative estimate of drug-likeness (QED) is 0.822. The van der Waals surface area contributed by atoms with E-state index >= 15 is 0 Å². The Morgan fingerprint density at radius 3 is 2.52 bits per heavy atom. The Morgan fingerprint density at radius 1 is 1.08 bits per heavy atom. The Balaban J connectivity index is 1.58. The summed E-state index contributed by atoms with van der Waals surface area (Å²) in [6, 6.07) is 9.73. The predicted molar refractivity (Wildman–Crippen MR) is 102 cm³/mol. The van der Waals surface area contributed by atoms with Crippen molar-refractivity contribution in [3.8, 4) is 5.75 Å². The second-order valence-electron chi connectivity index (χ2n) is 7.50. The van der Waals surface area contributed by atoms with E-state index in [1.165, 1.54) is 44.2 Å². The van der Waals surface area contributed by atoms with Crippen LogP contribution in [0.15, 0.2) is 24.3 Å². The predicted octanol–water partition coefficient (Wildman–Crippen LogP) is 3.29. The van der Waals surface area contributed by atoms with Crippen LogP contribution < -0.4 is 4.74 Å². The van der Waals surface area contributed by atoms with E-state index in [2.05, 4.69) is 34.1 Å². The van der Waals surface area contributed by atoms with Gasteiger partial charge in [-0.15, -0.1) is 0 Å². The highest BCUT2D eigenvalue weighted by molar-refractivity contribution is 5.27. The molecule has 0 bridgehead atoms. The minimum absolute atomic E-state index is 0.281. The molecule has 0 unspecified atom stereocenters. The summed E-state index contributed by atoms with van der Waals surface area (Å²) < 4.78 is 5.54. The van der Waals surface area contributed by atoms with Crippen LogP contribution in [-0.4, -0.2) is 59.8 Å². The first-order chi connectivity index (χ1) is 12.3. The highest BCUT2D eigenvalue weighted by Gasteiger charge is 2.31. The number of nitrogens with zero attached hydrogens (tertiary/aromatic N) is 2. The number of hydrogen-bond donors (Lipinski definition) is 1. The molecule has 4 nitrogen and oxygen atoms in total. The standard InChI is InChI=1S/C21H34N2O2/c1-2-25-21-10-8-18(9-11-21)16-22-13-14-23(17-20(22)12-15-24)19-6-4-3-5-7-19/h8-11,19-20,24H,2-7,12-17H2,1H3/t20-/m0/s1. The van der Waals surface area contributed by atoms with Crippen molar-refractivity contribution in [3.05, 3.63) is 29.8 Å². The molecule has 1 saturated carbocycles. The van der Waals surface area contributed by atoms with Gasteiger partial charge >= 0.3 is 0 Å². The lowest BCUT2D eigenvalue weighted by Crippen LogP contribution is -2.56. The third kappa shape index (κ3) is 5.19. The fourth-order valence-corrected chi connectivity index (χ4v) is 4.42. The van der Waals surface area contributed by atoms with E-state index < -0.39 is 0 Å². The Hall–Kier alpha value is -1.10. The maximum atomic E-state index is 9.53. The van der Waals surface area contributed by atoms with Crippen molar-refractivity contribution < 1.29 is 9.84 Å². The normalized spacial score (nSPS) is 23.7. The molecular weight excluding hydrogens is 312 g/mol. The fourth-order valence-electron chi connectivity index (χ4n) is 4.42. The van der Waals surface area contributed by atoms with Gasteiger partial charge in [-0.25, -0.2) is 0 Å². The van der Waals surface area contributed by atoms with Gasteiger partial charge in [-0.3, -0.25) is 9.80 Å². The van der Waals surface area contributed by atoms with Gasteiger partial charge in [-0.05, 0) is 43.9 Å². The maximum absolute atomic E-state index is 9.53. The summed E-state index contributed by atoms with van der Waals surface area (Å²) in [6.45, 7) is 7.36. The lowest BCUT2D eigenvalue weighted by molar-refractivity contribution is 0.0222. The Morgan fingerprint density at radius 2 is 1.84 bits per heavy atom. The van der Waals surface area contributed by atoms with Crippen LogP contribution in [0.2, 0.25) is 0 Å². The van der Waals surface area contributed by atoms with Crippen molar-refractivity contribution in [2.45, 2.75) is 64.1 Å². The van der Waals surface area contributed by atoms with Gasteiger partial charge in [0.15, 0.2) is 0 Å². The van der Waals surface area contributed by atoms with Crippen molar-refractivity contribution in [1.82, 2.24) is 9.80 Å². The molecule has 0 radical (unpaired) electrons. The molecule has 2 fully saturated rings. The molecule has 1 aliphatic carbocycles. The van der Waals surface area contributed by atoms with E-state index in [1.807, 2.05) is 6.92 Å². The first-order valence-corrected chi connectivity index (χ1v) is 10.1. The molecule has 1 saturated heterocycles. The van der Waals surface area contributed by atoms with Gasteiger partial charge in [0.05, 0.1) is 6.61 Å². The molecule has 1 aliphatic heterocycles. The lowest BCUT2D eigenvalue weighted by Gasteiger charge is -2.45. The van der Waals surface area contributed by atoms with Crippen LogP contribution in [0.25, 0.3) is 0 Å². The molecule has 25 heavy (non-hydrogen) atoms. The van der Waals surface area contributed by atoms with Gasteiger partial charge in [-0.2, -0.15) is 0 Å². The third-order valence-corrected chi connectivity index (χ3v) is 5.81. The molecule has 1 N–H and O–H groups in total. The molecule has 0 aromatic heterocycles. The van der Waals surface area contributed by atoms with Gasteiger partial charge in [0, 0.05) is 44.9 Å². The monoisotopic (exact) mass is 346 g/mol. The summed E-state index contributed by atoms with van der Waals surface area (Å²) in [5, 5.41) is 9.53. The average Bonchev–Trinajstić information content (AvgIpc) is 2.66. The molecule has 140 valence electrons. The van der Waals surface area contributed by atoms with Crippen LogP contribution in [0.4, 0.5) is 0 Å². The van der Waals surface area contributed by atoms with Crippen molar-refractivity contribution in [3.63, 3.8) is 0 Å². The van der Waals surface area contributed by atoms with Crippen molar-refractivity contribution >= 4 is 0 Å². The number of ether oxygens (including phenoxy) is 1. The van der Waals surface area contributed by atoms with Crippen LogP contribution in [0.1, 0.15) is 51.0 Å². The van der Waals surface area contributed by atoms with Crippen LogP contribution >= 0.6 is 0 Å². The molecular formula is C21H34N2O2. The summed E-state index contributed by atoms with van der Waals surface area (Å²) in [6.07, 6.45) is 7.80. The summed E-state index contributed by atoms with van der Waals surface area (Å²) in [5.41, 5.74) is 1.33. The Kier molecular flexibility index (Phi) is 7.14. The molecule has 1 heterocycles. The average molecular weight is 347 g/mol. The fraction of sp³-hybridized carbons (Fsp3) is 0.714. The number of rotatable bonds is 7. The van der Waals surface area contributed by atoms with Crippen molar-refractivity contribution in [1.29, 1.82) is 0 Å². The van der Waals surface area contributed by atoms with Crippen molar-refractivity contribution in [2.24, 2.45) is 0 Å². The largest absolute Gasteiger partial charge is 0.494 e. The van der Waals surface area contributed by atoms with Gasteiger partial charge in [0.25, 0.3) is 0 Å². The molecule has 4 heteroatoms. The maximum Gasteiger partial charge on any atom is 0.119 e. The van der Waals surface area contributed by atoms with Gasteiger partial charge in [-0.1, -0.05) is 31.4 Å². The Labute approximate surface area is 152 Å². The smallest absolute Gasteiger partial charge is 0.119 e. The summed E-state index contributed by atoms with van der Waals surface area (Å²) in [7, 11) is 0. The molecule has 1 aromatic rings. The van der Waals surface area contributed by atoms with Gasteiger partial charge in [0.2, 0.25) is 0 Å². The molecule has 2 aliphatic rings. The Bertz CT molecular complexity index is 499. The molecule has 3 rings (SSSR count). The molecule has 0 spiro atoms. The zero-order valence-electron chi connectivity index (χ0n) is 15.7. The van der Waals surface area contributed by atoms with Gasteiger partial charge in [0.1, 0.15) is 5.75 Å². The van der Waals surface area contributed by atoms with Gasteiger partial charge < -0.3 is 9.84 Å². The zero-order valence-corrected chi connectivity index (χ0v) is 15.7. The molecule has 1 aromatic carbocycles. The minimum Gasteiger partial charge on any atom is -0.494 e. The van der Waals surface area contributed by atoms with Crippen LogP contribution in [-0.2, 0) is 6.54 Å². The summed E-state index contributed by atoms with van der Waals surface area (Å²) in [5.74, 6) is 0.945. The summed E-state index contributed by atoms with van der Waals surface area (Å²) >= 11 is 0. The van der Waals surface area contributed by atoms with E-state index in [4.69, 9.17) is 4.74 Å². The number of benzene rings is 1. The van der Waals surface area contributed by atoms with E-state index in [9.17, 15) is 5.11 Å². The van der Waals surface area contributed by atoms with E-state index in [-0.39, 0.29) is 6.61 Å². The lowest BCUT2D eigenvalue weighted by atomic mass is 9.92. The number of aliphatic hydroxyl groups is 1. The van der Waals surface area contributed by atoms with E-state index in [0.717, 1.165) is 37.8 Å². The van der Waals surface area contributed by atoms with Crippen LogP contribution in [0.5, 0.6) is 5.75 Å². The number of hydrogen-bond acceptors (Lipinski definition) is 4. The van der Waals surface area contributed by atoms with Crippen LogP contribution in [0.3, 0.4) is 0 Å². The third-order valence-electron chi connectivity index (χ3n) is 5.81. The van der Waals surface area contributed by atoms with Crippen molar-refractivity contribution in [2.75, 3.05) is 32.8 Å². The number of aliphatic hydroxyl groups excluding tert-OH is 1. The second kappa shape index (κ2) is 9.56. The SMILES string of the molecule is CCOc1ccc(CN2CCN(C3CCCCC3)C[C@@H]2CCO)cc1. The zero-order chi connectivity index (χ0) is 17.5. The number of piperazine rings is 1. The molecule has 1 atom stereocenters. The topological polar surface area (TPSA) is 35.9 Å². The molecule has 0 amide bonds. The highest BCUT2D eigenvalue weighted by Crippen LogP contribution is 2.26. The van der Waals surface area contributed by atoms with E-state index in [0.29, 0.717) is 12.6 Å².